The number of phenols is 1. The maximum Gasteiger partial charge on any atom is 0.245 e. The molecule has 1 aliphatic heterocycles. The van der Waals surface area contributed by atoms with E-state index in [0.717, 1.165) is 5.56 Å². The van der Waals surface area contributed by atoms with Gasteiger partial charge in [0.1, 0.15) is 54.1 Å². The number of primary amides is 1. The summed E-state index contributed by atoms with van der Waals surface area (Å²) in [6, 6.07) is 4.85. The summed E-state index contributed by atoms with van der Waals surface area (Å²) in [4.78, 5) is 166. The highest BCUT2D eigenvalue weighted by atomic mass is 16.3. The summed E-state index contributed by atoms with van der Waals surface area (Å²) >= 11 is 0. The van der Waals surface area contributed by atoms with Crippen LogP contribution in [0.1, 0.15) is 129 Å². The van der Waals surface area contributed by atoms with Crippen LogP contribution in [-0.2, 0) is 65.6 Å². The number of nitrogens with zero attached hydrogens (tertiary/aromatic N) is 4. The predicted octanol–water partition coefficient (Wildman–Crippen LogP) is -3.95. The molecule has 1 fully saturated rings. The summed E-state index contributed by atoms with van der Waals surface area (Å²) in [7, 11) is 0. The Morgan fingerprint density at radius 1 is 0.542 bits per heavy atom. The largest absolute Gasteiger partial charge is 0.508 e. The number of amides is 11. The van der Waals surface area contributed by atoms with Gasteiger partial charge in [0.25, 0.3) is 0 Å². The van der Waals surface area contributed by atoms with E-state index in [9.17, 15) is 57.8 Å². The van der Waals surface area contributed by atoms with Gasteiger partial charge in [0.15, 0.2) is 17.9 Å². The predicted molar refractivity (Wildman–Crippen MR) is 362 cm³/mol. The van der Waals surface area contributed by atoms with Gasteiger partial charge in [-0.1, -0.05) is 76.6 Å². The molecule has 2 aromatic carbocycles. The number of nitrogens with one attached hydrogen (secondary N) is 9. The summed E-state index contributed by atoms with van der Waals surface area (Å²) in [5.74, 6) is -9.42. The number of unbranched alkanes of at least 4 members (excludes halogenated alkanes) is 1. The van der Waals surface area contributed by atoms with Gasteiger partial charge in [-0.25, -0.2) is 0 Å². The first kappa shape index (κ1) is 80.4. The van der Waals surface area contributed by atoms with E-state index in [1.165, 1.54) is 17.0 Å². The fraction of sp³-hybridized carbons (Fsp3) is 0.587. The van der Waals surface area contributed by atoms with Crippen LogP contribution in [0.5, 0.6) is 5.75 Å². The summed E-state index contributed by atoms with van der Waals surface area (Å²) in [6.45, 7) is 6.62. The Morgan fingerprint density at radius 3 is 1.58 bits per heavy atom. The Bertz CT molecular complexity index is 2960. The number of carbonyl (C=O) groups excluding carboxylic acids is 11. The van der Waals surface area contributed by atoms with Crippen LogP contribution < -0.4 is 93.7 Å². The molecule has 9 atom stereocenters. The molecule has 0 aliphatic carbocycles. The fourth-order valence-corrected chi connectivity index (χ4v) is 10.3. The van der Waals surface area contributed by atoms with Crippen LogP contribution in [0.2, 0.25) is 0 Å². The van der Waals surface area contributed by atoms with Gasteiger partial charge >= 0.3 is 0 Å². The molecule has 11 amide bonds. The van der Waals surface area contributed by atoms with Gasteiger partial charge in [0.05, 0.1) is 13.1 Å². The second-order valence-corrected chi connectivity index (χ2v) is 24.1. The summed E-state index contributed by atoms with van der Waals surface area (Å²) in [5.41, 5.74) is 46.3. The second kappa shape index (κ2) is 43.2. The quantitative estimate of drug-likeness (QED) is 0.0171. The van der Waals surface area contributed by atoms with Crippen molar-refractivity contribution in [3.8, 4) is 5.75 Å². The Kier molecular flexibility index (Phi) is 36.2. The number of phenolic OH excluding ortho intramolecular Hbond substituents is 1. The lowest BCUT2D eigenvalue weighted by atomic mass is 9.96. The molecule has 0 unspecified atom stereocenters. The molecule has 33 nitrogen and oxygen atoms in total. The summed E-state index contributed by atoms with van der Waals surface area (Å²) < 4.78 is 0. The zero-order valence-corrected chi connectivity index (χ0v) is 55.6. The molecule has 0 radical (unpaired) electrons. The van der Waals surface area contributed by atoms with Crippen molar-refractivity contribution in [1.82, 2.24) is 52.8 Å². The Hall–Kier alpha value is -9.82. The molecule has 1 heterocycles. The normalized spacial score (nSPS) is 15.0. The van der Waals surface area contributed by atoms with Crippen molar-refractivity contribution in [2.24, 2.45) is 72.7 Å². The molecule has 0 bridgehead atoms. The van der Waals surface area contributed by atoms with Gasteiger partial charge in [-0.3, -0.25) is 67.7 Å². The lowest BCUT2D eigenvalue weighted by molar-refractivity contribution is -0.142. The van der Waals surface area contributed by atoms with Gasteiger partial charge in [0, 0.05) is 39.0 Å². The maximum absolute atomic E-state index is 14.7. The number of benzene rings is 2. The van der Waals surface area contributed by atoms with Gasteiger partial charge in [-0.2, -0.15) is 0 Å². The maximum atomic E-state index is 14.7. The fourth-order valence-electron chi connectivity index (χ4n) is 10.3. The number of hydrogen-bond donors (Lipinski definition) is 18. The number of nitrogens with two attached hydrogens (primary N) is 8. The Morgan fingerprint density at radius 2 is 1.04 bits per heavy atom. The third-order valence-corrected chi connectivity index (χ3v) is 15.7. The van der Waals surface area contributed by atoms with Crippen LogP contribution in [0.4, 0.5) is 0 Å². The first-order valence-electron chi connectivity index (χ1n) is 32.5. The van der Waals surface area contributed by atoms with Crippen LogP contribution in [0, 0.1) is 11.8 Å². The lowest BCUT2D eigenvalue weighted by Gasteiger charge is -2.32. The lowest BCUT2D eigenvalue weighted by Crippen LogP contribution is -2.61. The molecule has 0 aromatic heterocycles. The van der Waals surface area contributed by atoms with E-state index in [1.54, 1.807) is 70.2 Å². The van der Waals surface area contributed by atoms with E-state index >= 15 is 0 Å². The van der Waals surface area contributed by atoms with E-state index in [-0.39, 0.29) is 126 Å². The molecule has 0 spiro atoms. The van der Waals surface area contributed by atoms with Gasteiger partial charge in [0.2, 0.25) is 65.0 Å². The monoisotopic (exact) mass is 1350 g/mol. The third kappa shape index (κ3) is 31.0. The van der Waals surface area contributed by atoms with Gasteiger partial charge in [-0.15, -0.1) is 0 Å². The van der Waals surface area contributed by atoms with Crippen molar-refractivity contribution in [3.63, 3.8) is 0 Å². The van der Waals surface area contributed by atoms with Crippen molar-refractivity contribution in [3.05, 3.63) is 65.7 Å². The molecule has 33 heteroatoms. The van der Waals surface area contributed by atoms with Crippen LogP contribution in [0.15, 0.2) is 69.6 Å². The van der Waals surface area contributed by atoms with Crippen LogP contribution >= 0.6 is 0 Å². The highest BCUT2D eigenvalue weighted by Gasteiger charge is 2.41. The molecular weight excluding hydrogens is 1240 g/mol. The number of guanidine groups is 3. The number of rotatable bonds is 44. The van der Waals surface area contributed by atoms with Gasteiger partial charge < -0.3 is 104 Å². The van der Waals surface area contributed by atoms with Crippen molar-refractivity contribution in [2.75, 3.05) is 45.8 Å². The standard InChI is InChI=1S/C63H103N21O12/c1-5-38(4)52(59(95)81-45(20-13-31-74-63(70)71)60(96)84-32-14-21-48(84)58(94)78-42(53(65)89)17-9-10-28-64)83-55(91)44(19-12-30-73-62(68)69)79-54(90)43(18-11-29-72-61(66)67)80-56(92)46(33-37(2)3)82-57(93)47(34-40-15-7-6-8-16-40)77-51(88)36-76-50(87)35-75-49(86)27-24-39-22-25-41(85)26-23-39/h6-8,15-16,22-23,25-26,37-38,42-48,52,85H,5,9-14,17-21,24,27-36,64H2,1-4H3,(H2,65,89)(H,75,86)(H,76,87)(H,77,88)(H,78,94)(H,79,90)(H,80,92)(H,81,95)(H,82,93)(H,83,91)(H4,66,67,72)(H4,68,69,73)(H4,70,71,74)/t38-,42-,43-,44-,45-,46-,47-,48-,52-/m0/s1. The van der Waals surface area contributed by atoms with Crippen molar-refractivity contribution >= 4 is 82.9 Å². The Labute approximate surface area is 560 Å². The minimum Gasteiger partial charge on any atom is -0.508 e. The third-order valence-electron chi connectivity index (χ3n) is 15.7. The number of aliphatic imine (C=N–C) groups is 3. The molecule has 1 aliphatic rings. The number of hydrogen-bond acceptors (Lipinski definition) is 16. The summed E-state index contributed by atoms with van der Waals surface area (Å²) in [6.07, 6.45) is 2.88. The number of likely N-dealkylation sites (tertiary alicyclic amines) is 1. The number of aromatic hydroxyl groups is 1. The smallest absolute Gasteiger partial charge is 0.245 e. The van der Waals surface area contributed by atoms with E-state index in [1.807, 2.05) is 0 Å². The van der Waals surface area contributed by atoms with Crippen molar-refractivity contribution < 1.29 is 57.8 Å². The highest BCUT2D eigenvalue weighted by molar-refractivity contribution is 5.99. The van der Waals surface area contributed by atoms with Crippen molar-refractivity contribution in [1.29, 1.82) is 0 Å². The second-order valence-electron chi connectivity index (χ2n) is 24.1. The Balaban J connectivity index is 1.92. The average Bonchev–Trinajstić information content (AvgIpc) is 1.58. The SMILES string of the molecule is CC[C@H](C)[C@H](NC(=O)[C@H](CCCN=C(N)N)NC(=O)[C@H](CCCN=C(N)N)NC(=O)[C@H](CC(C)C)NC(=O)[C@H](Cc1ccccc1)NC(=O)CNC(=O)CNC(=O)CCc1ccc(O)cc1)C(=O)N[C@@H](CCCN=C(N)N)C(=O)N1CCC[C@H]1C(=O)N[C@@H](CCCCN)C(N)=O. The topological polar surface area (TPSA) is 565 Å². The number of carbonyl (C=O) groups is 11. The van der Waals surface area contributed by atoms with Crippen LogP contribution in [0.3, 0.4) is 0 Å². The van der Waals surface area contributed by atoms with Crippen molar-refractivity contribution in [2.45, 2.75) is 179 Å². The molecule has 1 saturated heterocycles. The number of aryl methyl sites for hydroxylation is 1. The molecule has 0 saturated carbocycles. The summed E-state index contributed by atoms with van der Waals surface area (Å²) in [5, 5.41) is 33.6. The zero-order valence-electron chi connectivity index (χ0n) is 55.6. The van der Waals surface area contributed by atoms with E-state index in [2.05, 4.69) is 62.8 Å². The molecule has 3 rings (SSSR count). The minimum absolute atomic E-state index is 0.00768. The molecular formula is C63H103N21O12. The van der Waals surface area contributed by atoms with E-state index < -0.39 is 132 Å². The highest BCUT2D eigenvalue weighted by Crippen LogP contribution is 2.22. The first-order chi connectivity index (χ1) is 45.6. The zero-order chi connectivity index (χ0) is 71.3. The van der Waals surface area contributed by atoms with E-state index in [0.29, 0.717) is 44.2 Å². The van der Waals surface area contributed by atoms with Crippen LogP contribution in [-0.4, -0.2) is 187 Å². The van der Waals surface area contributed by atoms with Gasteiger partial charge in [-0.05, 0) is 125 Å². The first-order valence-corrected chi connectivity index (χ1v) is 32.5. The average molecular weight is 1350 g/mol. The molecule has 2 aromatic rings. The van der Waals surface area contributed by atoms with Crippen LogP contribution in [0.25, 0.3) is 0 Å². The minimum atomic E-state index is -1.43. The molecule has 96 heavy (non-hydrogen) atoms. The molecule has 26 N–H and O–H groups in total. The molecule has 532 valence electrons. The van der Waals surface area contributed by atoms with E-state index in [4.69, 9.17) is 45.9 Å².